The zero-order valence-corrected chi connectivity index (χ0v) is 13.4. The summed E-state index contributed by atoms with van der Waals surface area (Å²) >= 11 is 0. The first-order chi connectivity index (χ1) is 11.5. The van der Waals surface area contributed by atoms with E-state index in [9.17, 15) is 10.1 Å². The van der Waals surface area contributed by atoms with Crippen LogP contribution >= 0.6 is 0 Å². The number of aromatic nitrogens is 2. The van der Waals surface area contributed by atoms with E-state index < -0.39 is 4.92 Å². The number of anilines is 3. The molecule has 1 aliphatic heterocycles. The minimum Gasteiger partial charge on any atom is -0.467 e. The summed E-state index contributed by atoms with van der Waals surface area (Å²) in [5, 5.41) is 14.2. The molecule has 1 fully saturated rings. The van der Waals surface area contributed by atoms with Crippen molar-refractivity contribution in [3.8, 4) is 0 Å². The predicted molar refractivity (Wildman–Crippen MR) is 89.7 cm³/mol. The van der Waals surface area contributed by atoms with Gasteiger partial charge in [-0.3, -0.25) is 10.1 Å². The van der Waals surface area contributed by atoms with Crippen molar-refractivity contribution in [2.24, 2.45) is 5.92 Å². The fourth-order valence-electron chi connectivity index (χ4n) is 2.86. The van der Waals surface area contributed by atoms with Gasteiger partial charge in [-0.1, -0.05) is 6.92 Å². The quantitative estimate of drug-likeness (QED) is 0.632. The number of hydrogen-bond donors (Lipinski definition) is 2. The molecule has 0 bridgehead atoms. The first-order valence-electron chi connectivity index (χ1n) is 7.87. The number of nitrogens with zero attached hydrogens (tertiary/aromatic N) is 4. The van der Waals surface area contributed by atoms with Gasteiger partial charge in [0.05, 0.1) is 17.7 Å². The number of hydrogen-bond acceptors (Lipinski definition) is 8. The van der Waals surface area contributed by atoms with Crippen LogP contribution in [0, 0.1) is 16.0 Å². The fraction of sp³-hybridized carbons (Fsp3) is 0.467. The van der Waals surface area contributed by atoms with Crippen LogP contribution in [0.5, 0.6) is 0 Å². The van der Waals surface area contributed by atoms with Crippen LogP contribution in [0.4, 0.5) is 23.3 Å². The zero-order valence-electron chi connectivity index (χ0n) is 13.4. The maximum absolute atomic E-state index is 11.3. The Morgan fingerprint density at radius 1 is 1.54 bits per heavy atom. The van der Waals surface area contributed by atoms with Crippen molar-refractivity contribution in [2.45, 2.75) is 26.3 Å². The van der Waals surface area contributed by atoms with Gasteiger partial charge < -0.3 is 20.4 Å². The third kappa shape index (κ3) is 3.39. The molecule has 3 rings (SSSR count). The van der Waals surface area contributed by atoms with Crippen molar-refractivity contribution < 1.29 is 9.34 Å². The molecule has 2 aromatic heterocycles. The summed E-state index contributed by atoms with van der Waals surface area (Å²) in [6.45, 7) is 4.07. The number of rotatable bonds is 5. The Kier molecular flexibility index (Phi) is 4.50. The molecular weight excluding hydrogens is 312 g/mol. The predicted octanol–water partition coefficient (Wildman–Crippen LogP) is 2.41. The van der Waals surface area contributed by atoms with E-state index >= 15 is 0 Å². The molecule has 0 aromatic carbocycles. The van der Waals surface area contributed by atoms with Crippen LogP contribution in [0.1, 0.15) is 25.5 Å². The van der Waals surface area contributed by atoms with Gasteiger partial charge in [0.2, 0.25) is 17.6 Å². The van der Waals surface area contributed by atoms with E-state index in [0.29, 0.717) is 17.6 Å². The lowest BCUT2D eigenvalue weighted by Crippen LogP contribution is -2.35. The summed E-state index contributed by atoms with van der Waals surface area (Å²) in [4.78, 5) is 21.3. The molecule has 2 aromatic rings. The van der Waals surface area contributed by atoms with Gasteiger partial charge in [-0.15, -0.1) is 0 Å². The minimum atomic E-state index is -0.567. The summed E-state index contributed by atoms with van der Waals surface area (Å²) in [5.41, 5.74) is 5.52. The Labute approximate surface area is 139 Å². The molecule has 1 saturated heterocycles. The van der Waals surface area contributed by atoms with E-state index in [1.807, 2.05) is 4.90 Å². The number of nitrogens with one attached hydrogen (secondary N) is 1. The Morgan fingerprint density at radius 3 is 3.04 bits per heavy atom. The third-order valence-corrected chi connectivity index (χ3v) is 4.03. The second-order valence-electron chi connectivity index (χ2n) is 5.99. The lowest BCUT2D eigenvalue weighted by atomic mass is 10.0. The third-order valence-electron chi connectivity index (χ3n) is 4.03. The van der Waals surface area contributed by atoms with Gasteiger partial charge in [-0.05, 0) is 30.9 Å². The number of nitro groups is 1. The maximum atomic E-state index is 11.3. The molecule has 128 valence electrons. The van der Waals surface area contributed by atoms with Crippen molar-refractivity contribution in [1.29, 1.82) is 0 Å². The average Bonchev–Trinajstić information content (AvgIpc) is 3.05. The van der Waals surface area contributed by atoms with Gasteiger partial charge in [-0.2, -0.15) is 9.97 Å². The molecule has 0 amide bonds. The van der Waals surface area contributed by atoms with Crippen LogP contribution in [0.25, 0.3) is 0 Å². The van der Waals surface area contributed by atoms with E-state index in [0.717, 1.165) is 25.9 Å². The number of nitrogen functional groups attached to an aromatic ring is 1. The van der Waals surface area contributed by atoms with E-state index in [1.54, 1.807) is 18.4 Å². The van der Waals surface area contributed by atoms with Crippen LogP contribution < -0.4 is 16.0 Å². The topological polar surface area (TPSA) is 123 Å². The second kappa shape index (κ2) is 6.73. The Bertz CT molecular complexity index is 718. The van der Waals surface area contributed by atoms with Crippen LogP contribution in [0.2, 0.25) is 0 Å². The first-order valence-corrected chi connectivity index (χ1v) is 7.87. The molecule has 0 aliphatic carbocycles. The molecule has 1 atom stereocenters. The van der Waals surface area contributed by atoms with Crippen LogP contribution in [-0.2, 0) is 6.54 Å². The summed E-state index contributed by atoms with van der Waals surface area (Å²) in [7, 11) is 0. The van der Waals surface area contributed by atoms with Gasteiger partial charge in [0.25, 0.3) is 0 Å². The lowest BCUT2D eigenvalue weighted by molar-refractivity contribution is -0.383. The molecule has 0 spiro atoms. The Hall–Kier alpha value is -2.84. The SMILES string of the molecule is C[C@H]1CCCN(c2nc(N)c([N+](=O)[O-])c(NCc3ccco3)n2)C1. The lowest BCUT2D eigenvalue weighted by Gasteiger charge is -2.31. The highest BCUT2D eigenvalue weighted by Gasteiger charge is 2.26. The van der Waals surface area contributed by atoms with E-state index in [1.165, 1.54) is 0 Å². The monoisotopic (exact) mass is 332 g/mol. The minimum absolute atomic E-state index is 0.108. The standard InChI is InChI=1S/C15H20N6O3/c1-10-4-2-6-20(9-10)15-18-13(16)12(21(22)23)14(19-15)17-8-11-5-3-7-24-11/h3,5,7,10H,2,4,6,8-9H2,1H3,(H3,16,17,18,19)/t10-/m0/s1. The highest BCUT2D eigenvalue weighted by atomic mass is 16.6. The molecule has 0 unspecified atom stereocenters. The molecule has 9 heteroatoms. The molecule has 24 heavy (non-hydrogen) atoms. The average molecular weight is 332 g/mol. The Balaban J connectivity index is 1.89. The normalized spacial score (nSPS) is 17.7. The molecule has 0 saturated carbocycles. The Morgan fingerprint density at radius 2 is 2.38 bits per heavy atom. The van der Waals surface area contributed by atoms with E-state index in [2.05, 4.69) is 22.2 Å². The van der Waals surface area contributed by atoms with Gasteiger partial charge in [0.1, 0.15) is 5.76 Å². The number of furan rings is 1. The van der Waals surface area contributed by atoms with Gasteiger partial charge >= 0.3 is 5.69 Å². The van der Waals surface area contributed by atoms with Gasteiger partial charge in [0, 0.05) is 13.1 Å². The maximum Gasteiger partial charge on any atom is 0.353 e. The van der Waals surface area contributed by atoms with Crippen molar-refractivity contribution >= 4 is 23.3 Å². The highest BCUT2D eigenvalue weighted by molar-refractivity contribution is 5.70. The summed E-state index contributed by atoms with van der Waals surface area (Å²) in [5.74, 6) is 1.57. The molecular formula is C15H20N6O3. The van der Waals surface area contributed by atoms with Gasteiger partial charge in [0.15, 0.2) is 0 Å². The number of piperidine rings is 1. The van der Waals surface area contributed by atoms with Crippen LogP contribution in [-0.4, -0.2) is 28.0 Å². The zero-order chi connectivity index (χ0) is 17.1. The largest absolute Gasteiger partial charge is 0.467 e. The second-order valence-corrected chi connectivity index (χ2v) is 5.99. The smallest absolute Gasteiger partial charge is 0.353 e. The molecule has 0 radical (unpaired) electrons. The van der Waals surface area contributed by atoms with Gasteiger partial charge in [-0.25, -0.2) is 0 Å². The van der Waals surface area contributed by atoms with Crippen LogP contribution in [0.15, 0.2) is 22.8 Å². The van der Waals surface area contributed by atoms with E-state index in [-0.39, 0.29) is 23.9 Å². The molecule has 9 nitrogen and oxygen atoms in total. The summed E-state index contributed by atoms with van der Waals surface area (Å²) < 4.78 is 5.23. The highest BCUT2D eigenvalue weighted by Crippen LogP contribution is 2.31. The van der Waals surface area contributed by atoms with Crippen LogP contribution in [0.3, 0.4) is 0 Å². The van der Waals surface area contributed by atoms with Crippen molar-refractivity contribution in [1.82, 2.24) is 9.97 Å². The fourth-order valence-corrected chi connectivity index (χ4v) is 2.86. The van der Waals surface area contributed by atoms with Crippen molar-refractivity contribution in [3.05, 3.63) is 34.3 Å². The molecule has 3 N–H and O–H groups in total. The van der Waals surface area contributed by atoms with Crippen molar-refractivity contribution in [2.75, 3.05) is 29.0 Å². The number of nitrogens with two attached hydrogens (primary N) is 1. The summed E-state index contributed by atoms with van der Waals surface area (Å²) in [6.07, 6.45) is 3.74. The molecule has 3 heterocycles. The van der Waals surface area contributed by atoms with E-state index in [4.69, 9.17) is 10.2 Å². The van der Waals surface area contributed by atoms with Crippen molar-refractivity contribution in [3.63, 3.8) is 0 Å². The molecule has 1 aliphatic rings. The summed E-state index contributed by atoms with van der Waals surface area (Å²) in [6, 6.07) is 3.52. The first kappa shape index (κ1) is 16.0.